The molecule has 2 bridgehead atoms. The van der Waals surface area contributed by atoms with E-state index in [0.717, 1.165) is 34.0 Å². The van der Waals surface area contributed by atoms with Crippen molar-refractivity contribution in [2.45, 2.75) is 62.5 Å². The Bertz CT molecular complexity index is 1490. The van der Waals surface area contributed by atoms with Crippen molar-refractivity contribution in [3.63, 3.8) is 0 Å². The molecule has 2 N–H and O–H groups in total. The number of halogens is 1. The Labute approximate surface area is 250 Å². The number of quaternary nitrogens is 1. The summed E-state index contributed by atoms with van der Waals surface area (Å²) < 4.78 is 12.7. The van der Waals surface area contributed by atoms with Crippen molar-refractivity contribution in [1.82, 2.24) is 0 Å². The monoisotopic (exact) mass is 588 g/mol. The lowest BCUT2D eigenvalue weighted by atomic mass is 9.96. The van der Waals surface area contributed by atoms with Gasteiger partial charge in [0.2, 0.25) is 5.91 Å². The number of amides is 2. The summed E-state index contributed by atoms with van der Waals surface area (Å²) in [6.45, 7) is 0. The average molecular weight is 589 g/mol. The number of rotatable bonds is 9. The lowest BCUT2D eigenvalue weighted by Crippen LogP contribution is -2.60. The number of likely N-dealkylation sites (N-methyl/N-ethyl adjacent to an activating group) is 1. The first kappa shape index (κ1) is 28.4. The van der Waals surface area contributed by atoms with Gasteiger partial charge in [0.1, 0.15) is 36.7 Å². The maximum Gasteiger partial charge on any atom is 0.411 e. The number of epoxide rings is 1. The number of ether oxygens (including phenoxy) is 2. The number of carbonyl (C=O) groups is 3. The van der Waals surface area contributed by atoms with Crippen LogP contribution >= 0.6 is 11.6 Å². The van der Waals surface area contributed by atoms with Crippen molar-refractivity contribution in [3.8, 4) is 11.1 Å². The van der Waals surface area contributed by atoms with Gasteiger partial charge in [-0.25, -0.2) is 4.79 Å². The van der Waals surface area contributed by atoms with Gasteiger partial charge in [0.15, 0.2) is 0 Å². The first-order valence-corrected chi connectivity index (χ1v) is 14.8. The third-order valence-electron chi connectivity index (χ3n) is 8.99. The fourth-order valence-electron chi connectivity index (χ4n) is 6.68. The number of nitrogens with zero attached hydrogens (tertiary/aromatic N) is 1. The highest BCUT2D eigenvalue weighted by Crippen LogP contribution is 2.51. The highest BCUT2D eigenvalue weighted by Gasteiger charge is 2.70. The van der Waals surface area contributed by atoms with Crippen LogP contribution in [0.1, 0.15) is 41.6 Å². The van der Waals surface area contributed by atoms with Gasteiger partial charge >= 0.3 is 6.09 Å². The second-order valence-corrected chi connectivity index (χ2v) is 12.4. The number of hydrogen-bond donors (Lipinski definition) is 2. The summed E-state index contributed by atoms with van der Waals surface area (Å²) in [6.07, 6.45) is 4.00. The fraction of sp³-hybridized carbons (Fsp3) is 0.364. The first-order valence-electron chi connectivity index (χ1n) is 14.4. The van der Waals surface area contributed by atoms with E-state index in [1.165, 1.54) is 6.07 Å². The van der Waals surface area contributed by atoms with Crippen LogP contribution in [0.2, 0.25) is 5.02 Å². The van der Waals surface area contributed by atoms with Crippen LogP contribution in [0, 0.1) is 0 Å². The van der Waals surface area contributed by atoms with E-state index in [9.17, 15) is 14.4 Å². The Morgan fingerprint density at radius 3 is 2.38 bits per heavy atom. The van der Waals surface area contributed by atoms with Crippen molar-refractivity contribution in [2.24, 2.45) is 0 Å². The summed E-state index contributed by atoms with van der Waals surface area (Å²) in [5.74, 6) is -0.151. The lowest BCUT2D eigenvalue weighted by Gasteiger charge is -2.45. The van der Waals surface area contributed by atoms with Crippen molar-refractivity contribution in [3.05, 3.63) is 82.9 Å². The molecular formula is C33H35ClN3O5+. The number of fused-ring (bicyclic) bond motifs is 5. The van der Waals surface area contributed by atoms with E-state index in [0.29, 0.717) is 71.8 Å². The molecule has 3 fully saturated rings. The first-order chi connectivity index (χ1) is 20.2. The molecule has 3 saturated heterocycles. The molecule has 3 aliphatic rings. The zero-order valence-electron chi connectivity index (χ0n) is 23.7. The minimum atomic E-state index is -0.442. The summed E-state index contributed by atoms with van der Waals surface area (Å²) in [5, 5.41) is 6.13. The zero-order chi connectivity index (χ0) is 29.4. The Balaban J connectivity index is 1.08. The molecule has 1 unspecified atom stereocenters. The van der Waals surface area contributed by atoms with Crippen LogP contribution in [0.25, 0.3) is 11.1 Å². The predicted octanol–water partition coefficient (Wildman–Crippen LogP) is 6.09. The maximum atomic E-state index is 13.1. The third kappa shape index (κ3) is 5.79. The molecule has 3 heterocycles. The van der Waals surface area contributed by atoms with E-state index >= 15 is 0 Å². The molecular weight excluding hydrogens is 554 g/mol. The molecule has 0 spiro atoms. The third-order valence-corrected chi connectivity index (χ3v) is 9.30. The topological polar surface area (TPSA) is 97.0 Å². The van der Waals surface area contributed by atoms with E-state index < -0.39 is 6.09 Å². The number of aldehydes is 1. The molecule has 3 aliphatic heterocycles. The highest BCUT2D eigenvalue weighted by molar-refractivity contribution is 6.34. The molecule has 5 atom stereocenters. The lowest BCUT2D eigenvalue weighted by molar-refractivity contribution is -0.938. The molecule has 9 heteroatoms. The number of anilines is 2. The second-order valence-electron chi connectivity index (χ2n) is 12.0. The van der Waals surface area contributed by atoms with Crippen LogP contribution in [0.4, 0.5) is 16.2 Å². The predicted molar refractivity (Wildman–Crippen MR) is 162 cm³/mol. The fourth-order valence-corrected chi connectivity index (χ4v) is 6.91. The standard InChI is InChI=1S/C33H34ClN3O5/c1-37(2)28-17-23(18-29(37)32-31(28)42-32)41-33(40)36-26-13-11-20(15-24(26)22-8-4-3-5-9-22)7-6-10-30(39)35-27-14-12-21(19-38)16-25(27)34/h3-5,8-9,11-16,19,23,28-29,31-32H,6-7,10,17-18H2,1-2H3,(H-,35,36,38,39,40)/p+1/t23?,28-,29+,31-,32+. The molecule has 3 aromatic rings. The Morgan fingerprint density at radius 1 is 0.976 bits per heavy atom. The SMILES string of the molecule is C[N+]1(C)[C@@H]2CC(OC(=O)Nc3ccc(CCCC(=O)Nc4ccc(C=O)cc4Cl)cc3-c3ccccc3)C[C@H]1[C@@H]1O[C@@H]12. The highest BCUT2D eigenvalue weighted by atomic mass is 35.5. The van der Waals surface area contributed by atoms with Crippen LogP contribution in [-0.2, 0) is 20.7 Å². The molecule has 6 rings (SSSR count). The number of benzene rings is 3. The molecule has 2 amide bonds. The summed E-state index contributed by atoms with van der Waals surface area (Å²) in [5.41, 5.74) is 4.54. The molecule has 0 radical (unpaired) electrons. The van der Waals surface area contributed by atoms with Crippen molar-refractivity contribution < 1.29 is 28.3 Å². The molecule has 3 aromatic carbocycles. The Hall–Kier alpha value is -3.72. The van der Waals surface area contributed by atoms with E-state index in [1.807, 2.05) is 42.5 Å². The summed E-state index contributed by atoms with van der Waals surface area (Å²) in [7, 11) is 4.51. The van der Waals surface area contributed by atoms with E-state index in [1.54, 1.807) is 12.1 Å². The minimum Gasteiger partial charge on any atom is -0.445 e. The van der Waals surface area contributed by atoms with Gasteiger partial charge < -0.3 is 19.3 Å². The van der Waals surface area contributed by atoms with Crippen LogP contribution in [0.5, 0.6) is 0 Å². The molecule has 0 saturated carbocycles. The van der Waals surface area contributed by atoms with Crippen LogP contribution < -0.4 is 10.6 Å². The number of nitrogens with one attached hydrogen (secondary N) is 2. The van der Waals surface area contributed by atoms with Gasteiger partial charge in [-0.3, -0.25) is 14.9 Å². The van der Waals surface area contributed by atoms with Crippen LogP contribution in [0.15, 0.2) is 66.7 Å². The largest absolute Gasteiger partial charge is 0.445 e. The zero-order valence-corrected chi connectivity index (χ0v) is 24.5. The van der Waals surface area contributed by atoms with E-state index in [4.69, 9.17) is 21.1 Å². The van der Waals surface area contributed by atoms with Gasteiger partial charge in [0, 0.05) is 30.4 Å². The summed E-state index contributed by atoms with van der Waals surface area (Å²) in [4.78, 5) is 36.5. The van der Waals surface area contributed by atoms with Gasteiger partial charge in [-0.05, 0) is 54.3 Å². The van der Waals surface area contributed by atoms with Gasteiger partial charge in [-0.15, -0.1) is 0 Å². The van der Waals surface area contributed by atoms with Gasteiger partial charge in [0.25, 0.3) is 0 Å². The molecule has 0 aliphatic carbocycles. The smallest absolute Gasteiger partial charge is 0.411 e. The second kappa shape index (κ2) is 11.5. The Kier molecular flexibility index (Phi) is 7.79. The number of carbonyl (C=O) groups excluding carboxylic acids is 3. The van der Waals surface area contributed by atoms with E-state index in [2.05, 4.69) is 30.8 Å². The van der Waals surface area contributed by atoms with Gasteiger partial charge in [0.05, 0.1) is 30.5 Å². The molecule has 8 nitrogen and oxygen atoms in total. The normalized spacial score (nSPS) is 24.8. The van der Waals surface area contributed by atoms with E-state index in [-0.39, 0.29) is 12.0 Å². The minimum absolute atomic E-state index is 0.119. The molecule has 42 heavy (non-hydrogen) atoms. The summed E-state index contributed by atoms with van der Waals surface area (Å²) >= 11 is 6.18. The Morgan fingerprint density at radius 2 is 1.69 bits per heavy atom. The van der Waals surface area contributed by atoms with Crippen LogP contribution in [0.3, 0.4) is 0 Å². The van der Waals surface area contributed by atoms with Gasteiger partial charge in [-0.1, -0.05) is 48.0 Å². The molecule has 218 valence electrons. The number of aryl methyl sites for hydroxylation is 1. The number of piperidine rings is 1. The van der Waals surface area contributed by atoms with Crippen molar-refractivity contribution in [2.75, 3.05) is 24.7 Å². The number of morpholine rings is 1. The quantitative estimate of drug-likeness (QED) is 0.179. The van der Waals surface area contributed by atoms with Crippen LogP contribution in [-0.4, -0.2) is 67.3 Å². The van der Waals surface area contributed by atoms with Crippen molar-refractivity contribution in [1.29, 1.82) is 0 Å². The average Bonchev–Trinajstić information content (AvgIpc) is 3.74. The maximum absolute atomic E-state index is 13.1. The van der Waals surface area contributed by atoms with Gasteiger partial charge in [-0.2, -0.15) is 0 Å². The molecule has 0 aromatic heterocycles. The number of hydrogen-bond acceptors (Lipinski definition) is 5. The van der Waals surface area contributed by atoms with Crippen molar-refractivity contribution >= 4 is 41.3 Å². The summed E-state index contributed by atoms with van der Waals surface area (Å²) in [6, 6.07) is 21.3.